The second-order valence-electron chi connectivity index (χ2n) is 0.500. The average molecular weight is 469 g/mol. The van der Waals surface area contributed by atoms with E-state index in [1.807, 2.05) is 0 Å². The molecule has 0 bridgehead atoms. The molecule has 0 spiro atoms. The van der Waals surface area contributed by atoms with Gasteiger partial charge in [-0.1, -0.05) is 0 Å². The summed E-state index contributed by atoms with van der Waals surface area (Å²) in [6.45, 7) is 0. The van der Waals surface area contributed by atoms with Gasteiger partial charge in [-0.25, -0.2) is 0 Å². The molecule has 0 aromatic carbocycles. The van der Waals surface area contributed by atoms with Crippen LogP contribution in [0.2, 0.25) is 0 Å². The van der Waals surface area contributed by atoms with Crippen LogP contribution in [0.1, 0.15) is 0 Å². The minimum Gasteiger partial charge on any atom is -0.894 e. The Labute approximate surface area is 166 Å². The monoisotopic (exact) mass is 471 g/mol. The molecule has 0 N–H and O–H groups in total. The van der Waals surface area contributed by atoms with Crippen LogP contribution in [0.15, 0.2) is 0 Å². The molecule has 0 aliphatic heterocycles. The fourth-order valence-corrected chi connectivity index (χ4v) is 0. The SMILES string of the molecule is [Ba+2].[Eu+3].[O-][Si]([O-])([O-])[O-].[Sr+2]. The van der Waals surface area contributed by atoms with Gasteiger partial charge in [0.05, 0.1) is 0 Å². The van der Waals surface area contributed by atoms with Gasteiger partial charge < -0.3 is 28.2 Å². The van der Waals surface area contributed by atoms with Crippen molar-refractivity contribution in [2.24, 2.45) is 0 Å². The molecule has 4 nitrogen and oxygen atoms in total. The molecule has 0 heterocycles. The first-order chi connectivity index (χ1) is 2.00. The van der Waals surface area contributed by atoms with Crippen LogP contribution in [0.5, 0.6) is 0 Å². The predicted molar refractivity (Wildman–Crippen MR) is 17.3 cm³/mol. The fourth-order valence-electron chi connectivity index (χ4n) is 0. The molecule has 0 aliphatic carbocycles. The Morgan fingerprint density at radius 2 is 0.875 bits per heavy atom. The maximum Gasteiger partial charge on any atom is 3.00 e. The van der Waals surface area contributed by atoms with E-state index in [1.54, 1.807) is 0 Å². The van der Waals surface area contributed by atoms with E-state index in [4.69, 9.17) is 19.2 Å². The second-order valence-corrected chi connectivity index (χ2v) is 1.50. The van der Waals surface area contributed by atoms with Gasteiger partial charge in [0, 0.05) is 0 Å². The zero-order valence-electron chi connectivity index (χ0n) is 3.93. The summed E-state index contributed by atoms with van der Waals surface area (Å²) in [5.74, 6) is 0. The summed E-state index contributed by atoms with van der Waals surface area (Å²) in [7, 11) is -5.61. The van der Waals surface area contributed by atoms with Crippen molar-refractivity contribution in [3.05, 3.63) is 0 Å². The molecule has 0 fully saturated rings. The van der Waals surface area contributed by atoms with Crippen molar-refractivity contribution in [2.75, 3.05) is 0 Å². The Morgan fingerprint density at radius 3 is 0.875 bits per heavy atom. The average Bonchev–Trinajstić information content (AvgIpc) is 0.722. The van der Waals surface area contributed by atoms with E-state index in [-0.39, 0.29) is 144 Å². The number of rotatable bonds is 0. The molecule has 0 rings (SSSR count). The van der Waals surface area contributed by atoms with Crippen molar-refractivity contribution < 1.29 is 68.6 Å². The third-order valence-corrected chi connectivity index (χ3v) is 0. The first-order valence-electron chi connectivity index (χ1n) is 0.816. The van der Waals surface area contributed by atoms with Gasteiger partial charge in [0.2, 0.25) is 0 Å². The summed E-state index contributed by atoms with van der Waals surface area (Å²) >= 11 is 0. The Morgan fingerprint density at radius 1 is 0.875 bits per heavy atom. The Balaban J connectivity index is -0.0000000267. The van der Waals surface area contributed by atoms with Gasteiger partial charge in [-0.15, -0.1) is 0 Å². The normalized spacial score (nSPS) is 7.50. The van der Waals surface area contributed by atoms with Crippen molar-refractivity contribution >= 4 is 103 Å². The van der Waals surface area contributed by atoms with E-state index in [2.05, 4.69) is 0 Å². The zero-order valence-corrected chi connectivity index (χ0v) is 15.3. The van der Waals surface area contributed by atoms with Crippen LogP contribution in [0.25, 0.3) is 0 Å². The van der Waals surface area contributed by atoms with Crippen molar-refractivity contribution in [3.8, 4) is 0 Å². The minimum absolute atomic E-state index is 0. The van der Waals surface area contributed by atoms with E-state index in [9.17, 15) is 0 Å². The Hall–Kier alpha value is 4.69. The molecule has 8 heavy (non-hydrogen) atoms. The molecular weight excluding hydrogens is 469 g/mol. The second kappa shape index (κ2) is 11.7. The van der Waals surface area contributed by atoms with Gasteiger partial charge >= 0.3 is 144 Å². The topological polar surface area (TPSA) is 92.2 Å². The zero-order chi connectivity index (χ0) is 4.50. The molecule has 8 heteroatoms. The third kappa shape index (κ3) is 45.6. The smallest absolute Gasteiger partial charge is 0.894 e. The standard InChI is InChI=1S/Ba.Eu.O4Si.Sr/c;;1-5(2,3)4;/q+2;+3;-4;+2. The van der Waals surface area contributed by atoms with Crippen molar-refractivity contribution in [3.63, 3.8) is 0 Å². The van der Waals surface area contributed by atoms with Gasteiger partial charge in [0.1, 0.15) is 0 Å². The molecule has 0 saturated carbocycles. The van der Waals surface area contributed by atoms with E-state index in [0.717, 1.165) is 0 Å². The molecular formula is BaEuO4SiSr+3. The van der Waals surface area contributed by atoms with Crippen molar-refractivity contribution in [2.45, 2.75) is 0 Å². The van der Waals surface area contributed by atoms with Crippen LogP contribution in [-0.4, -0.2) is 103 Å². The summed E-state index contributed by atoms with van der Waals surface area (Å²) in [6, 6.07) is 0. The molecule has 0 aliphatic rings. The molecule has 0 atom stereocenters. The predicted octanol–water partition coefficient (Wildman–Crippen LogP) is -5.90. The summed E-state index contributed by atoms with van der Waals surface area (Å²) < 4.78 is 0. The fraction of sp³-hybridized carbons (Fsp3) is 0. The molecule has 0 aromatic rings. The quantitative estimate of drug-likeness (QED) is 0.331. The first kappa shape index (κ1) is 23.0. The van der Waals surface area contributed by atoms with Gasteiger partial charge in [-0.05, 0) is 0 Å². The third-order valence-electron chi connectivity index (χ3n) is 0. The summed E-state index contributed by atoms with van der Waals surface area (Å²) in [4.78, 5) is 34.3. The molecule has 0 aromatic heterocycles. The van der Waals surface area contributed by atoms with E-state index < -0.39 is 9.05 Å². The number of hydrogen-bond acceptors (Lipinski definition) is 4. The molecule has 0 radical (unpaired) electrons. The summed E-state index contributed by atoms with van der Waals surface area (Å²) in [5.41, 5.74) is 0. The first-order valence-corrected chi connectivity index (χ1v) is 2.45. The maximum absolute atomic E-state index is 8.58. The van der Waals surface area contributed by atoms with Crippen LogP contribution >= 0.6 is 0 Å². The molecule has 36 valence electrons. The van der Waals surface area contributed by atoms with Crippen LogP contribution in [0.4, 0.5) is 0 Å². The van der Waals surface area contributed by atoms with Gasteiger partial charge in [0.25, 0.3) is 0 Å². The summed E-state index contributed by atoms with van der Waals surface area (Å²) in [5, 5.41) is 0. The van der Waals surface area contributed by atoms with Gasteiger partial charge in [0.15, 0.2) is 0 Å². The largest absolute Gasteiger partial charge is 3.00 e. The maximum atomic E-state index is 8.58. The molecule has 0 unspecified atom stereocenters. The van der Waals surface area contributed by atoms with Crippen LogP contribution in [0, 0.1) is 49.4 Å². The van der Waals surface area contributed by atoms with Crippen LogP contribution in [-0.2, 0) is 0 Å². The minimum atomic E-state index is -5.61. The summed E-state index contributed by atoms with van der Waals surface area (Å²) in [6.07, 6.45) is 0. The molecule has 0 saturated heterocycles. The number of hydrogen-bond donors (Lipinski definition) is 0. The van der Waals surface area contributed by atoms with E-state index in [0.29, 0.717) is 0 Å². The van der Waals surface area contributed by atoms with Crippen molar-refractivity contribution in [1.82, 2.24) is 0 Å². The van der Waals surface area contributed by atoms with Crippen LogP contribution in [0.3, 0.4) is 0 Å². The van der Waals surface area contributed by atoms with Gasteiger partial charge in [-0.2, -0.15) is 0 Å². The Kier molecular flexibility index (Phi) is 33.6. The van der Waals surface area contributed by atoms with Crippen LogP contribution < -0.4 is 19.2 Å². The Bertz CT molecular complexity index is 31.5. The van der Waals surface area contributed by atoms with E-state index in [1.165, 1.54) is 0 Å². The van der Waals surface area contributed by atoms with Gasteiger partial charge in [-0.3, -0.25) is 0 Å². The molecule has 0 amide bonds. The van der Waals surface area contributed by atoms with Crippen molar-refractivity contribution in [1.29, 1.82) is 0 Å². The van der Waals surface area contributed by atoms with E-state index >= 15 is 0 Å².